The molecule has 2 aromatic rings. The molecule has 31 heavy (non-hydrogen) atoms. The lowest BCUT2D eigenvalue weighted by Crippen LogP contribution is -2.49. The molecule has 4 rings (SSSR count). The minimum Gasteiger partial charge on any atom is -0.338 e. The maximum atomic E-state index is 11.9. The molecular formula is C23H29N7O. The summed E-state index contributed by atoms with van der Waals surface area (Å²) in [5.41, 5.74) is 2.67. The Balaban J connectivity index is 1.39. The Labute approximate surface area is 183 Å². The van der Waals surface area contributed by atoms with Crippen LogP contribution in [-0.2, 0) is 4.79 Å². The number of rotatable bonds is 4. The number of guanidine groups is 1. The van der Waals surface area contributed by atoms with Crippen LogP contribution in [0.5, 0.6) is 0 Å². The molecule has 0 N–H and O–H groups in total. The molecule has 0 spiro atoms. The van der Waals surface area contributed by atoms with Crippen molar-refractivity contribution in [2.45, 2.75) is 32.7 Å². The van der Waals surface area contributed by atoms with Crippen LogP contribution in [0.3, 0.4) is 0 Å². The number of carbonyl (C=O) groups is 1. The van der Waals surface area contributed by atoms with Gasteiger partial charge in [0.15, 0.2) is 5.65 Å². The summed E-state index contributed by atoms with van der Waals surface area (Å²) in [6.07, 6.45) is 5.03. The molecule has 4 heterocycles. The van der Waals surface area contributed by atoms with Crippen LogP contribution in [0.25, 0.3) is 11.0 Å². The van der Waals surface area contributed by atoms with Gasteiger partial charge in [0.1, 0.15) is 0 Å². The van der Waals surface area contributed by atoms with Crippen molar-refractivity contribution in [3.8, 4) is 0 Å². The number of hydrogen-bond donors (Lipinski definition) is 0. The first-order valence-electron chi connectivity index (χ1n) is 10.8. The van der Waals surface area contributed by atoms with Gasteiger partial charge in [-0.15, -0.1) is 0 Å². The second kappa shape index (κ2) is 9.34. The number of carbonyl (C=O) groups excluding carboxylic acids is 1. The average molecular weight is 420 g/mol. The molecule has 1 atom stereocenters. The van der Waals surface area contributed by atoms with Crippen LogP contribution < -0.4 is 0 Å². The quantitative estimate of drug-likeness (QED) is 0.563. The second-order valence-electron chi connectivity index (χ2n) is 7.99. The number of piperazine rings is 1. The molecule has 162 valence electrons. The van der Waals surface area contributed by atoms with Gasteiger partial charge in [0, 0.05) is 62.5 Å². The largest absolute Gasteiger partial charge is 0.338 e. The highest BCUT2D eigenvalue weighted by molar-refractivity contribution is 5.85. The van der Waals surface area contributed by atoms with Crippen molar-refractivity contribution in [2.75, 3.05) is 32.7 Å². The van der Waals surface area contributed by atoms with Gasteiger partial charge in [-0.3, -0.25) is 9.69 Å². The Hall–Kier alpha value is -3.13. The molecule has 2 fully saturated rings. The molecule has 2 aromatic heterocycles. The minimum atomic E-state index is 0.164. The van der Waals surface area contributed by atoms with Gasteiger partial charge >= 0.3 is 0 Å². The predicted octanol–water partition coefficient (Wildman–Crippen LogP) is 2.85. The SMILES string of the molecule is C=NC(=N/C=C(\C)N1CCCC1=O)N1CCN(C(C)c2ccc3cccnc3n2)CC1. The standard InChI is InChI=1S/C23H29N7O/c1-17(30-11-5-7-21(30)31)16-26-23(24-3)29-14-12-28(13-15-29)18(2)20-9-8-19-6-4-10-25-22(19)27-20/h4,6,8-10,16,18H,3,5,7,11-15H2,1-2H3/b17-16+,26-23?. The summed E-state index contributed by atoms with van der Waals surface area (Å²) >= 11 is 0. The van der Waals surface area contributed by atoms with E-state index in [0.29, 0.717) is 12.4 Å². The summed E-state index contributed by atoms with van der Waals surface area (Å²) < 4.78 is 0. The molecule has 2 aliphatic heterocycles. The summed E-state index contributed by atoms with van der Waals surface area (Å²) in [5, 5.41) is 1.06. The molecule has 8 nitrogen and oxygen atoms in total. The Morgan fingerprint density at radius 2 is 2.00 bits per heavy atom. The zero-order valence-corrected chi connectivity index (χ0v) is 18.2. The minimum absolute atomic E-state index is 0.164. The molecule has 0 saturated carbocycles. The first-order valence-corrected chi connectivity index (χ1v) is 10.8. The fraction of sp³-hybridized carbons (Fsp3) is 0.435. The van der Waals surface area contributed by atoms with Crippen molar-refractivity contribution in [3.05, 3.63) is 48.1 Å². The van der Waals surface area contributed by atoms with Gasteiger partial charge < -0.3 is 9.80 Å². The Kier molecular flexibility index (Phi) is 6.36. The van der Waals surface area contributed by atoms with E-state index in [2.05, 4.69) is 50.5 Å². The molecular weight excluding hydrogens is 390 g/mol. The van der Waals surface area contributed by atoms with E-state index in [-0.39, 0.29) is 11.9 Å². The number of hydrogen-bond acceptors (Lipinski definition) is 5. The number of nitrogens with zero attached hydrogens (tertiary/aromatic N) is 7. The van der Waals surface area contributed by atoms with Gasteiger partial charge in [-0.1, -0.05) is 0 Å². The Morgan fingerprint density at radius 3 is 2.71 bits per heavy atom. The molecule has 2 saturated heterocycles. The first kappa shape index (κ1) is 21.1. The van der Waals surface area contributed by atoms with Crippen molar-refractivity contribution in [2.24, 2.45) is 9.98 Å². The Bertz CT molecular complexity index is 1020. The van der Waals surface area contributed by atoms with E-state index in [1.807, 2.05) is 19.1 Å². The Morgan fingerprint density at radius 1 is 1.19 bits per heavy atom. The van der Waals surface area contributed by atoms with Crippen LogP contribution >= 0.6 is 0 Å². The lowest BCUT2D eigenvalue weighted by molar-refractivity contribution is -0.126. The molecule has 0 radical (unpaired) electrons. The summed E-state index contributed by atoms with van der Waals surface area (Å²) in [4.78, 5) is 36.0. The second-order valence-corrected chi connectivity index (χ2v) is 7.99. The van der Waals surface area contributed by atoms with Gasteiger partial charge in [-0.25, -0.2) is 20.0 Å². The maximum Gasteiger partial charge on any atom is 0.226 e. The van der Waals surface area contributed by atoms with Crippen molar-refractivity contribution in [3.63, 3.8) is 0 Å². The topological polar surface area (TPSA) is 77.3 Å². The van der Waals surface area contributed by atoms with Crippen LogP contribution in [0.1, 0.15) is 38.4 Å². The molecule has 8 heteroatoms. The number of aromatic nitrogens is 2. The van der Waals surface area contributed by atoms with E-state index in [0.717, 1.165) is 61.6 Å². The zero-order chi connectivity index (χ0) is 21.8. The fourth-order valence-electron chi connectivity index (χ4n) is 4.16. The van der Waals surface area contributed by atoms with Crippen molar-refractivity contribution in [1.29, 1.82) is 0 Å². The summed E-state index contributed by atoms with van der Waals surface area (Å²) in [7, 11) is 0. The van der Waals surface area contributed by atoms with Crippen LogP contribution in [0.4, 0.5) is 0 Å². The van der Waals surface area contributed by atoms with Gasteiger partial charge in [0.2, 0.25) is 11.9 Å². The van der Waals surface area contributed by atoms with Crippen LogP contribution in [0.15, 0.2) is 52.3 Å². The molecule has 0 aromatic carbocycles. The van der Waals surface area contributed by atoms with E-state index in [4.69, 9.17) is 4.98 Å². The summed E-state index contributed by atoms with van der Waals surface area (Å²) in [5.74, 6) is 0.767. The molecule has 0 bridgehead atoms. The van der Waals surface area contributed by atoms with Gasteiger partial charge in [0.25, 0.3) is 0 Å². The monoisotopic (exact) mass is 419 g/mol. The smallest absolute Gasteiger partial charge is 0.226 e. The number of aliphatic imine (C=N–C) groups is 2. The number of fused-ring (bicyclic) bond motifs is 1. The third-order valence-corrected chi connectivity index (χ3v) is 6.07. The van der Waals surface area contributed by atoms with Crippen LogP contribution in [0.2, 0.25) is 0 Å². The molecule has 2 aliphatic rings. The lowest BCUT2D eigenvalue weighted by Gasteiger charge is -2.38. The summed E-state index contributed by atoms with van der Waals surface area (Å²) in [6, 6.07) is 8.34. The highest BCUT2D eigenvalue weighted by Gasteiger charge is 2.25. The van der Waals surface area contributed by atoms with Gasteiger partial charge in [0.05, 0.1) is 11.9 Å². The predicted molar refractivity (Wildman–Crippen MR) is 123 cm³/mol. The van der Waals surface area contributed by atoms with Crippen molar-refractivity contribution < 1.29 is 4.79 Å². The normalized spacial score (nSPS) is 19.9. The van der Waals surface area contributed by atoms with Crippen molar-refractivity contribution in [1.82, 2.24) is 24.7 Å². The van der Waals surface area contributed by atoms with E-state index < -0.39 is 0 Å². The highest BCUT2D eigenvalue weighted by Crippen LogP contribution is 2.22. The lowest BCUT2D eigenvalue weighted by atomic mass is 10.1. The van der Waals surface area contributed by atoms with Gasteiger partial charge in [-0.2, -0.15) is 0 Å². The average Bonchev–Trinajstić information content (AvgIpc) is 3.25. The van der Waals surface area contributed by atoms with Gasteiger partial charge in [-0.05, 0) is 51.3 Å². The number of amides is 1. The highest BCUT2D eigenvalue weighted by atomic mass is 16.2. The number of pyridine rings is 2. The maximum absolute atomic E-state index is 11.9. The zero-order valence-electron chi connectivity index (χ0n) is 18.2. The van der Waals surface area contributed by atoms with Crippen LogP contribution in [-0.4, -0.2) is 76.0 Å². The van der Waals surface area contributed by atoms with Crippen molar-refractivity contribution >= 4 is 29.6 Å². The number of likely N-dealkylation sites (tertiary alicyclic amines) is 1. The first-order chi connectivity index (χ1) is 15.1. The van der Waals surface area contributed by atoms with E-state index in [1.165, 1.54) is 0 Å². The van der Waals surface area contributed by atoms with E-state index >= 15 is 0 Å². The van der Waals surface area contributed by atoms with Crippen LogP contribution in [0, 0.1) is 0 Å². The van der Waals surface area contributed by atoms with E-state index in [9.17, 15) is 4.79 Å². The third-order valence-electron chi connectivity index (χ3n) is 6.07. The fourth-order valence-corrected chi connectivity index (χ4v) is 4.16. The van der Waals surface area contributed by atoms with E-state index in [1.54, 1.807) is 17.3 Å². The molecule has 1 amide bonds. The molecule has 0 aliphatic carbocycles. The molecule has 1 unspecified atom stereocenters. The third kappa shape index (κ3) is 4.64. The summed E-state index contributed by atoms with van der Waals surface area (Å²) in [6.45, 7) is 11.9. The number of allylic oxidation sites excluding steroid dienone is 1.